The Morgan fingerprint density at radius 1 is 1.18 bits per heavy atom. The highest BCUT2D eigenvalue weighted by molar-refractivity contribution is 5.98. The van der Waals surface area contributed by atoms with Crippen LogP contribution in [0.5, 0.6) is 0 Å². The van der Waals surface area contributed by atoms with E-state index in [1.165, 1.54) is 5.57 Å². The molecule has 22 heavy (non-hydrogen) atoms. The van der Waals surface area contributed by atoms with Gasteiger partial charge >= 0.3 is 0 Å². The van der Waals surface area contributed by atoms with Crippen molar-refractivity contribution in [2.75, 3.05) is 13.6 Å². The number of likely N-dealkylation sites (N-methyl/N-ethyl adjacent to an activating group) is 1. The number of hydrogen-bond donors (Lipinski definition) is 0. The van der Waals surface area contributed by atoms with Crippen molar-refractivity contribution < 1.29 is 4.79 Å². The fraction of sp³-hybridized carbons (Fsp3) is 0.526. The first-order valence-corrected chi connectivity index (χ1v) is 8.04. The van der Waals surface area contributed by atoms with Crippen LogP contribution in [0, 0.1) is 0 Å². The van der Waals surface area contributed by atoms with Gasteiger partial charge in [0, 0.05) is 19.3 Å². The van der Waals surface area contributed by atoms with Gasteiger partial charge in [0.1, 0.15) is 5.66 Å². The van der Waals surface area contributed by atoms with Gasteiger partial charge in [-0.15, -0.1) is 0 Å². The predicted octanol–water partition coefficient (Wildman–Crippen LogP) is 4.26. The number of nitrogens with zero attached hydrogens (tertiary/aromatic N) is 2. The molecule has 3 nitrogen and oxygen atoms in total. The number of allylic oxidation sites excluding steroid dienone is 4. The van der Waals surface area contributed by atoms with E-state index in [1.807, 2.05) is 37.9 Å². The average molecular weight is 302 g/mol. The summed E-state index contributed by atoms with van der Waals surface area (Å²) >= 11 is 0. The smallest absolute Gasteiger partial charge is 0.257 e. The average Bonchev–Trinajstić information content (AvgIpc) is 2.49. The monoisotopic (exact) mass is 302 g/mol. The third-order valence-electron chi connectivity index (χ3n) is 4.41. The molecule has 1 aliphatic heterocycles. The molecule has 0 aliphatic carbocycles. The summed E-state index contributed by atoms with van der Waals surface area (Å²) < 4.78 is 0. The molecular formula is C19H30N2O. The highest BCUT2D eigenvalue weighted by atomic mass is 16.2. The van der Waals surface area contributed by atoms with Crippen molar-refractivity contribution in [2.45, 2.75) is 53.6 Å². The molecule has 0 N–H and O–H groups in total. The summed E-state index contributed by atoms with van der Waals surface area (Å²) in [4.78, 5) is 16.9. The lowest BCUT2D eigenvalue weighted by Crippen LogP contribution is -2.60. The first-order chi connectivity index (χ1) is 10.3. The van der Waals surface area contributed by atoms with Gasteiger partial charge in [-0.1, -0.05) is 37.3 Å². The van der Waals surface area contributed by atoms with Gasteiger partial charge < -0.3 is 9.80 Å². The summed E-state index contributed by atoms with van der Waals surface area (Å²) in [6.45, 7) is 13.2. The zero-order valence-electron chi connectivity index (χ0n) is 15.1. The van der Waals surface area contributed by atoms with Gasteiger partial charge in [-0.05, 0) is 46.6 Å². The first-order valence-electron chi connectivity index (χ1n) is 8.04. The molecule has 122 valence electrons. The standard InChI is InChI=1S/C19H30N2O/c1-8-12-15(10-3)14-21-17(11-4)16(13-9-2)18(22)20(7)19(21,5)6/h8-10,12-13H,11,14H2,1-7H3/b12-8-,13-9-,15-10+. The summed E-state index contributed by atoms with van der Waals surface area (Å²) in [5.74, 6) is 0.101. The maximum absolute atomic E-state index is 12.7. The molecule has 0 aromatic rings. The van der Waals surface area contributed by atoms with Crippen LogP contribution in [0.15, 0.2) is 47.2 Å². The number of carbonyl (C=O) groups excluding carboxylic acids is 1. The Hall–Kier alpha value is -1.77. The molecule has 0 saturated carbocycles. The van der Waals surface area contributed by atoms with Crippen LogP contribution in [0.1, 0.15) is 48.0 Å². The van der Waals surface area contributed by atoms with E-state index < -0.39 is 0 Å². The van der Waals surface area contributed by atoms with Crippen LogP contribution in [0.4, 0.5) is 0 Å². The molecule has 0 spiro atoms. The highest BCUT2D eigenvalue weighted by Gasteiger charge is 2.41. The van der Waals surface area contributed by atoms with Gasteiger partial charge in [0.2, 0.25) is 0 Å². The van der Waals surface area contributed by atoms with Gasteiger partial charge in [-0.25, -0.2) is 0 Å². The fourth-order valence-corrected chi connectivity index (χ4v) is 2.85. The third-order valence-corrected chi connectivity index (χ3v) is 4.41. The number of rotatable bonds is 5. The molecule has 0 radical (unpaired) electrons. The Kier molecular flexibility index (Phi) is 6.21. The third kappa shape index (κ3) is 3.34. The molecule has 0 atom stereocenters. The molecule has 1 rings (SSSR count). The van der Waals surface area contributed by atoms with Crippen molar-refractivity contribution in [2.24, 2.45) is 0 Å². The number of amides is 1. The normalized spacial score (nSPS) is 20.0. The Bertz CT molecular complexity index is 536. The second-order valence-electron chi connectivity index (χ2n) is 6.02. The zero-order valence-corrected chi connectivity index (χ0v) is 15.1. The van der Waals surface area contributed by atoms with E-state index in [0.29, 0.717) is 0 Å². The molecule has 1 heterocycles. The molecule has 0 saturated heterocycles. The summed E-state index contributed by atoms with van der Waals surface area (Å²) in [6.07, 6.45) is 11.0. The van der Waals surface area contributed by atoms with Gasteiger partial charge in [-0.3, -0.25) is 4.79 Å². The molecule has 1 aliphatic rings. The molecule has 0 unspecified atom stereocenters. The molecular weight excluding hydrogens is 272 g/mol. The predicted molar refractivity (Wildman–Crippen MR) is 94.3 cm³/mol. The second-order valence-corrected chi connectivity index (χ2v) is 6.02. The topological polar surface area (TPSA) is 23.6 Å². The minimum absolute atomic E-state index is 0.101. The van der Waals surface area contributed by atoms with E-state index in [4.69, 9.17) is 0 Å². The molecule has 0 aromatic heterocycles. The van der Waals surface area contributed by atoms with Crippen LogP contribution in [-0.4, -0.2) is 35.0 Å². The SMILES string of the molecule is C/C=C\C1=C(CC)N(CC(/C=C\C)=C/C)C(C)(C)N(C)C1=O. The largest absolute Gasteiger partial charge is 0.347 e. The Morgan fingerprint density at radius 3 is 2.27 bits per heavy atom. The first kappa shape index (κ1) is 18.3. The van der Waals surface area contributed by atoms with E-state index in [0.717, 1.165) is 24.2 Å². The van der Waals surface area contributed by atoms with Crippen molar-refractivity contribution in [3.05, 3.63) is 47.2 Å². The Labute approximate surface area is 135 Å². The van der Waals surface area contributed by atoms with Gasteiger partial charge in [0.15, 0.2) is 0 Å². The van der Waals surface area contributed by atoms with Crippen LogP contribution in [0.25, 0.3) is 0 Å². The van der Waals surface area contributed by atoms with Crippen LogP contribution in [-0.2, 0) is 4.79 Å². The molecule has 0 fully saturated rings. The minimum atomic E-state index is -0.344. The quantitative estimate of drug-likeness (QED) is 0.708. The second kappa shape index (κ2) is 7.48. The summed E-state index contributed by atoms with van der Waals surface area (Å²) in [7, 11) is 1.89. The van der Waals surface area contributed by atoms with Crippen molar-refractivity contribution in [1.29, 1.82) is 0 Å². The van der Waals surface area contributed by atoms with Gasteiger partial charge in [0.25, 0.3) is 5.91 Å². The molecule has 0 bridgehead atoms. The molecule has 0 aromatic carbocycles. The Morgan fingerprint density at radius 2 is 1.82 bits per heavy atom. The molecule has 1 amide bonds. The van der Waals surface area contributed by atoms with E-state index in [1.54, 1.807) is 0 Å². The maximum atomic E-state index is 12.7. The van der Waals surface area contributed by atoms with E-state index in [2.05, 4.69) is 50.8 Å². The Balaban J connectivity index is 3.43. The van der Waals surface area contributed by atoms with E-state index in [-0.39, 0.29) is 11.6 Å². The lowest BCUT2D eigenvalue weighted by Gasteiger charge is -2.51. The van der Waals surface area contributed by atoms with Crippen molar-refractivity contribution >= 4 is 5.91 Å². The van der Waals surface area contributed by atoms with E-state index in [9.17, 15) is 4.79 Å². The fourth-order valence-electron chi connectivity index (χ4n) is 2.85. The lowest BCUT2D eigenvalue weighted by atomic mass is 9.97. The van der Waals surface area contributed by atoms with Gasteiger partial charge in [0.05, 0.1) is 5.57 Å². The summed E-state index contributed by atoms with van der Waals surface area (Å²) in [5.41, 5.74) is 2.84. The van der Waals surface area contributed by atoms with Crippen LogP contribution in [0.2, 0.25) is 0 Å². The van der Waals surface area contributed by atoms with Crippen molar-refractivity contribution in [3.63, 3.8) is 0 Å². The van der Waals surface area contributed by atoms with Crippen LogP contribution >= 0.6 is 0 Å². The molecule has 3 heteroatoms. The van der Waals surface area contributed by atoms with Crippen LogP contribution < -0.4 is 0 Å². The highest BCUT2D eigenvalue weighted by Crippen LogP contribution is 2.34. The lowest BCUT2D eigenvalue weighted by molar-refractivity contribution is -0.139. The van der Waals surface area contributed by atoms with Crippen molar-refractivity contribution in [3.8, 4) is 0 Å². The van der Waals surface area contributed by atoms with Gasteiger partial charge in [-0.2, -0.15) is 0 Å². The summed E-state index contributed by atoms with van der Waals surface area (Å²) in [5, 5.41) is 0. The minimum Gasteiger partial charge on any atom is -0.347 e. The van der Waals surface area contributed by atoms with E-state index >= 15 is 0 Å². The van der Waals surface area contributed by atoms with Crippen molar-refractivity contribution in [1.82, 2.24) is 9.80 Å². The zero-order chi connectivity index (χ0) is 16.9. The number of hydrogen-bond acceptors (Lipinski definition) is 2. The summed E-state index contributed by atoms with van der Waals surface area (Å²) in [6, 6.07) is 0. The maximum Gasteiger partial charge on any atom is 0.257 e. The number of carbonyl (C=O) groups is 1. The van der Waals surface area contributed by atoms with Crippen LogP contribution in [0.3, 0.4) is 0 Å².